The molecule has 2 rings (SSSR count). The van der Waals surface area contributed by atoms with Gasteiger partial charge in [-0.2, -0.15) is 4.31 Å². The van der Waals surface area contributed by atoms with Crippen LogP contribution in [-0.2, 0) is 14.8 Å². The summed E-state index contributed by atoms with van der Waals surface area (Å²) in [5.41, 5.74) is 0.552. The molecule has 0 spiro atoms. The van der Waals surface area contributed by atoms with E-state index in [0.29, 0.717) is 18.8 Å². The summed E-state index contributed by atoms with van der Waals surface area (Å²) >= 11 is 1.47. The van der Waals surface area contributed by atoms with Crippen molar-refractivity contribution in [2.24, 2.45) is 5.92 Å². The molecule has 0 saturated carbocycles. The smallest absolute Gasteiger partial charge is 0.243 e. The van der Waals surface area contributed by atoms with Crippen molar-refractivity contribution in [3.8, 4) is 0 Å². The zero-order valence-corrected chi connectivity index (χ0v) is 16.2. The minimum atomic E-state index is -3.54. The number of rotatable bonds is 5. The number of hydrogen-bond acceptors (Lipinski definition) is 5. The molecule has 1 fully saturated rings. The maximum absolute atomic E-state index is 12.9. The minimum absolute atomic E-state index is 0.126. The topological polar surface area (TPSA) is 69.7 Å². The second kappa shape index (κ2) is 7.86. The van der Waals surface area contributed by atoms with Crippen LogP contribution in [0.15, 0.2) is 28.0 Å². The molecule has 0 unspecified atom stereocenters. The Hall–Kier alpha value is -1.09. The normalized spacial score (nSPS) is 17.2. The Labute approximate surface area is 148 Å². The lowest BCUT2D eigenvalue weighted by molar-refractivity contribution is -0.118. The van der Waals surface area contributed by atoms with Gasteiger partial charge in [-0.25, -0.2) is 8.42 Å². The largest absolute Gasteiger partial charge is 0.325 e. The fourth-order valence-corrected chi connectivity index (χ4v) is 4.38. The van der Waals surface area contributed by atoms with Gasteiger partial charge in [-0.15, -0.1) is 11.8 Å². The first-order chi connectivity index (χ1) is 11.3. The minimum Gasteiger partial charge on any atom is -0.325 e. The second-order valence-electron chi connectivity index (χ2n) is 6.21. The molecule has 0 aromatic heterocycles. The van der Waals surface area contributed by atoms with E-state index in [-0.39, 0.29) is 16.7 Å². The van der Waals surface area contributed by atoms with Crippen LogP contribution >= 0.6 is 11.8 Å². The summed E-state index contributed by atoms with van der Waals surface area (Å²) in [6.07, 6.45) is 1.90. The zero-order valence-electron chi connectivity index (χ0n) is 14.6. The number of benzene rings is 1. The lowest BCUT2D eigenvalue weighted by Gasteiger charge is -2.31. The van der Waals surface area contributed by atoms with Crippen LogP contribution in [0.1, 0.15) is 13.8 Å². The molecule has 134 valence electrons. The number of hydrogen-bond donors (Lipinski definition) is 1. The highest BCUT2D eigenvalue weighted by Gasteiger charge is 2.28. The van der Waals surface area contributed by atoms with Crippen molar-refractivity contribution in [2.75, 3.05) is 44.8 Å². The van der Waals surface area contributed by atoms with Gasteiger partial charge in [0.15, 0.2) is 0 Å². The van der Waals surface area contributed by atoms with E-state index in [4.69, 9.17) is 0 Å². The first-order valence-corrected chi connectivity index (χ1v) is 10.6. The van der Waals surface area contributed by atoms with Crippen molar-refractivity contribution >= 4 is 33.4 Å². The molecule has 0 aliphatic carbocycles. The van der Waals surface area contributed by atoms with Gasteiger partial charge in [-0.3, -0.25) is 4.79 Å². The average Bonchev–Trinajstić information content (AvgIpc) is 2.55. The predicted octanol–water partition coefficient (Wildman–Crippen LogP) is 1.94. The van der Waals surface area contributed by atoms with E-state index in [1.54, 1.807) is 32.0 Å². The Morgan fingerprint density at radius 1 is 1.21 bits per heavy atom. The molecule has 1 amide bonds. The Morgan fingerprint density at radius 3 is 2.38 bits per heavy atom. The lowest BCUT2D eigenvalue weighted by atomic mass is 10.2. The summed E-state index contributed by atoms with van der Waals surface area (Å²) in [5.74, 6) is -0.294. The third-order valence-electron chi connectivity index (χ3n) is 4.05. The first-order valence-electron chi connectivity index (χ1n) is 7.93. The highest BCUT2D eigenvalue weighted by molar-refractivity contribution is 7.98. The lowest BCUT2D eigenvalue weighted by Crippen LogP contribution is -2.47. The fourth-order valence-electron chi connectivity index (χ4n) is 2.40. The van der Waals surface area contributed by atoms with Gasteiger partial charge in [-0.1, -0.05) is 13.8 Å². The van der Waals surface area contributed by atoms with Crippen LogP contribution in [-0.4, -0.2) is 63.0 Å². The molecule has 1 aliphatic heterocycles. The van der Waals surface area contributed by atoms with Gasteiger partial charge in [0, 0.05) is 37.0 Å². The molecule has 8 heteroatoms. The van der Waals surface area contributed by atoms with E-state index in [1.807, 2.05) is 13.3 Å². The van der Waals surface area contributed by atoms with Crippen LogP contribution in [0.25, 0.3) is 0 Å². The van der Waals surface area contributed by atoms with Crippen molar-refractivity contribution in [3.05, 3.63) is 18.2 Å². The van der Waals surface area contributed by atoms with Gasteiger partial charge in [0.2, 0.25) is 15.9 Å². The second-order valence-corrected chi connectivity index (χ2v) is 9.00. The molecule has 1 aromatic carbocycles. The maximum atomic E-state index is 12.9. The van der Waals surface area contributed by atoms with Crippen LogP contribution in [0.5, 0.6) is 0 Å². The number of piperazine rings is 1. The monoisotopic (exact) mass is 371 g/mol. The standard InChI is InChI=1S/C16H25N3O3S2/c1-12(2)16(20)17-14-11-13(5-6-15(14)23-4)24(21,22)19-9-7-18(3)8-10-19/h5-6,11-12H,7-10H2,1-4H3,(H,17,20). The third-order valence-corrected chi connectivity index (χ3v) is 6.74. The van der Waals surface area contributed by atoms with Crippen molar-refractivity contribution < 1.29 is 13.2 Å². The summed E-state index contributed by atoms with van der Waals surface area (Å²) in [5, 5.41) is 2.83. The van der Waals surface area contributed by atoms with Crippen LogP contribution in [0.2, 0.25) is 0 Å². The van der Waals surface area contributed by atoms with Crippen LogP contribution in [0.3, 0.4) is 0 Å². The summed E-state index contributed by atoms with van der Waals surface area (Å²) in [6.45, 7) is 6.02. The van der Waals surface area contributed by atoms with Gasteiger partial charge in [-0.05, 0) is 31.5 Å². The number of anilines is 1. The van der Waals surface area contributed by atoms with Gasteiger partial charge >= 0.3 is 0 Å². The Morgan fingerprint density at radius 2 is 1.83 bits per heavy atom. The average molecular weight is 372 g/mol. The van der Waals surface area contributed by atoms with Crippen LogP contribution < -0.4 is 5.32 Å². The molecule has 24 heavy (non-hydrogen) atoms. The van der Waals surface area contributed by atoms with Gasteiger partial charge < -0.3 is 10.2 Å². The zero-order chi connectivity index (χ0) is 17.9. The van der Waals surface area contributed by atoms with Gasteiger partial charge in [0.25, 0.3) is 0 Å². The van der Waals surface area contributed by atoms with Gasteiger partial charge in [0.1, 0.15) is 0 Å². The van der Waals surface area contributed by atoms with E-state index in [2.05, 4.69) is 10.2 Å². The molecule has 0 radical (unpaired) electrons. The van der Waals surface area contributed by atoms with Crippen molar-refractivity contribution in [3.63, 3.8) is 0 Å². The molecule has 1 aromatic rings. The molecule has 1 N–H and O–H groups in total. The number of amides is 1. The molecule has 1 saturated heterocycles. The fraction of sp³-hybridized carbons (Fsp3) is 0.562. The molecule has 6 nitrogen and oxygen atoms in total. The summed E-state index contributed by atoms with van der Waals surface area (Å²) in [7, 11) is -1.56. The number of carbonyl (C=O) groups excluding carboxylic acids is 1. The number of nitrogens with zero attached hydrogens (tertiary/aromatic N) is 2. The Balaban J connectivity index is 2.31. The summed E-state index contributed by atoms with van der Waals surface area (Å²) < 4.78 is 27.2. The van der Waals surface area contributed by atoms with Crippen LogP contribution in [0, 0.1) is 5.92 Å². The molecule has 0 atom stereocenters. The molecular weight excluding hydrogens is 346 g/mol. The Kier molecular flexibility index (Phi) is 6.30. The maximum Gasteiger partial charge on any atom is 0.243 e. The first kappa shape index (κ1) is 19.2. The summed E-state index contributed by atoms with van der Waals surface area (Å²) in [6, 6.07) is 4.94. The molecular formula is C16H25N3O3S2. The predicted molar refractivity (Wildman–Crippen MR) is 97.9 cm³/mol. The van der Waals surface area contributed by atoms with Crippen molar-refractivity contribution in [1.29, 1.82) is 0 Å². The quantitative estimate of drug-likeness (QED) is 0.801. The van der Waals surface area contributed by atoms with Gasteiger partial charge in [0.05, 0.1) is 10.6 Å². The highest BCUT2D eigenvalue weighted by atomic mass is 32.2. The highest BCUT2D eigenvalue weighted by Crippen LogP contribution is 2.30. The van der Waals surface area contributed by atoms with E-state index in [0.717, 1.165) is 18.0 Å². The van der Waals surface area contributed by atoms with Crippen LogP contribution in [0.4, 0.5) is 5.69 Å². The number of carbonyl (C=O) groups is 1. The number of sulfonamides is 1. The number of nitrogens with one attached hydrogen (secondary N) is 1. The Bertz CT molecular complexity index is 697. The van der Waals surface area contributed by atoms with Crippen molar-refractivity contribution in [2.45, 2.75) is 23.6 Å². The van der Waals surface area contributed by atoms with E-state index < -0.39 is 10.0 Å². The number of thioether (sulfide) groups is 1. The SMILES string of the molecule is CSc1ccc(S(=O)(=O)N2CCN(C)CC2)cc1NC(=O)C(C)C. The molecule has 1 heterocycles. The summed E-state index contributed by atoms with van der Waals surface area (Å²) in [4.78, 5) is 15.2. The van der Waals surface area contributed by atoms with Crippen molar-refractivity contribution in [1.82, 2.24) is 9.21 Å². The van der Waals surface area contributed by atoms with E-state index in [1.165, 1.54) is 16.1 Å². The van der Waals surface area contributed by atoms with E-state index >= 15 is 0 Å². The number of likely N-dealkylation sites (N-methyl/N-ethyl adjacent to an activating group) is 1. The molecule has 0 bridgehead atoms. The molecule has 1 aliphatic rings. The third kappa shape index (κ3) is 4.30. The van der Waals surface area contributed by atoms with E-state index in [9.17, 15) is 13.2 Å².